The van der Waals surface area contributed by atoms with E-state index in [9.17, 15) is 9.90 Å². The molecule has 1 fully saturated rings. The number of rotatable bonds is 9. The van der Waals surface area contributed by atoms with Crippen molar-refractivity contribution in [3.63, 3.8) is 0 Å². The van der Waals surface area contributed by atoms with Gasteiger partial charge in [-0.1, -0.05) is 30.7 Å². The maximum Gasteiger partial charge on any atom is 0.328 e. The summed E-state index contributed by atoms with van der Waals surface area (Å²) in [6.45, 7) is 4.45. The van der Waals surface area contributed by atoms with Crippen molar-refractivity contribution in [2.75, 3.05) is 26.2 Å². The average molecular weight is 439 g/mol. The Labute approximate surface area is 189 Å². The zero-order chi connectivity index (χ0) is 22.5. The van der Waals surface area contributed by atoms with Crippen LogP contribution in [0.4, 0.5) is 0 Å². The minimum absolute atomic E-state index is 0.0151. The van der Waals surface area contributed by atoms with Gasteiger partial charge >= 0.3 is 5.69 Å². The highest BCUT2D eigenvalue weighted by Gasteiger charge is 2.15. The molecule has 1 aliphatic rings. The van der Waals surface area contributed by atoms with Crippen molar-refractivity contribution in [2.24, 2.45) is 14.1 Å². The summed E-state index contributed by atoms with van der Waals surface area (Å²) in [5, 5.41) is 13.9. The molecular formula is C25H34N4O3. The van der Waals surface area contributed by atoms with E-state index in [0.717, 1.165) is 41.0 Å². The molecule has 4 rings (SSSR count). The fraction of sp³-hybridized carbons (Fsp3) is 0.480. The number of piperidine rings is 1. The van der Waals surface area contributed by atoms with Crippen LogP contribution in [0.3, 0.4) is 0 Å². The van der Waals surface area contributed by atoms with Crippen LogP contribution in [0.2, 0.25) is 0 Å². The number of hydrogen-bond donors (Lipinski definition) is 2. The Balaban J connectivity index is 1.32. The first-order chi connectivity index (χ1) is 15.5. The van der Waals surface area contributed by atoms with E-state index in [-0.39, 0.29) is 5.69 Å². The normalized spacial score (nSPS) is 15.8. The number of para-hydroxylation sites is 1. The second kappa shape index (κ2) is 10.3. The number of ether oxygens (including phenoxy) is 1. The van der Waals surface area contributed by atoms with Gasteiger partial charge in [0.2, 0.25) is 0 Å². The van der Waals surface area contributed by atoms with Crippen LogP contribution in [0.15, 0.2) is 47.3 Å². The van der Waals surface area contributed by atoms with Crippen molar-refractivity contribution in [2.45, 2.75) is 38.5 Å². The quantitative estimate of drug-likeness (QED) is 0.537. The lowest BCUT2D eigenvalue weighted by Crippen LogP contribution is -2.38. The lowest BCUT2D eigenvalue weighted by Gasteiger charge is -2.28. The molecule has 0 amide bonds. The molecular weight excluding hydrogens is 404 g/mol. The topological polar surface area (TPSA) is 71.7 Å². The minimum atomic E-state index is -0.488. The third-order valence-corrected chi connectivity index (χ3v) is 6.30. The van der Waals surface area contributed by atoms with E-state index in [1.807, 2.05) is 36.4 Å². The zero-order valence-corrected chi connectivity index (χ0v) is 19.1. The number of benzene rings is 2. The monoisotopic (exact) mass is 438 g/mol. The van der Waals surface area contributed by atoms with Gasteiger partial charge in [0.05, 0.1) is 11.0 Å². The molecule has 2 heterocycles. The molecule has 32 heavy (non-hydrogen) atoms. The van der Waals surface area contributed by atoms with E-state index in [2.05, 4.69) is 16.3 Å². The maximum atomic E-state index is 12.1. The fourth-order valence-electron chi connectivity index (χ4n) is 4.47. The zero-order valence-electron chi connectivity index (χ0n) is 19.1. The summed E-state index contributed by atoms with van der Waals surface area (Å²) in [6, 6.07) is 14.1. The summed E-state index contributed by atoms with van der Waals surface area (Å²) in [7, 11) is 3.60. The average Bonchev–Trinajstić information content (AvgIpc) is 3.03. The molecule has 1 saturated heterocycles. The second-order valence-electron chi connectivity index (χ2n) is 8.76. The number of fused-ring (bicyclic) bond motifs is 1. The van der Waals surface area contributed by atoms with E-state index >= 15 is 0 Å². The summed E-state index contributed by atoms with van der Waals surface area (Å²) >= 11 is 0. The van der Waals surface area contributed by atoms with Crippen molar-refractivity contribution < 1.29 is 9.84 Å². The molecule has 7 nitrogen and oxygen atoms in total. The van der Waals surface area contributed by atoms with Gasteiger partial charge in [-0.05, 0) is 49.7 Å². The Bertz CT molecular complexity index is 1100. The van der Waals surface area contributed by atoms with Crippen LogP contribution < -0.4 is 15.7 Å². The first kappa shape index (κ1) is 22.6. The number of β-amino-alcohol motifs (C(OH)–C–C–N with tert-alkyl or cyclic N) is 1. The van der Waals surface area contributed by atoms with Crippen molar-refractivity contribution in [1.29, 1.82) is 0 Å². The fourth-order valence-corrected chi connectivity index (χ4v) is 4.47. The molecule has 7 heteroatoms. The first-order valence-electron chi connectivity index (χ1n) is 11.5. The summed E-state index contributed by atoms with van der Waals surface area (Å²) in [5.41, 5.74) is 4.03. The van der Waals surface area contributed by atoms with Crippen molar-refractivity contribution in [1.82, 2.24) is 19.4 Å². The molecule has 172 valence electrons. The molecule has 2 aromatic carbocycles. The van der Waals surface area contributed by atoms with Gasteiger partial charge in [-0.3, -0.25) is 9.13 Å². The van der Waals surface area contributed by atoms with E-state index in [0.29, 0.717) is 26.2 Å². The predicted octanol–water partition coefficient (Wildman–Crippen LogP) is 2.39. The molecule has 1 unspecified atom stereocenters. The molecule has 0 bridgehead atoms. The van der Waals surface area contributed by atoms with Crippen LogP contribution >= 0.6 is 0 Å². The number of aliphatic hydroxyl groups excluding tert-OH is 1. The van der Waals surface area contributed by atoms with Gasteiger partial charge in [-0.25, -0.2) is 4.79 Å². The maximum absolute atomic E-state index is 12.1. The Hall–Kier alpha value is -2.61. The van der Waals surface area contributed by atoms with Gasteiger partial charge in [-0.15, -0.1) is 0 Å². The highest BCUT2D eigenvalue weighted by molar-refractivity contribution is 5.76. The van der Waals surface area contributed by atoms with Crippen LogP contribution in [0.1, 0.15) is 30.4 Å². The molecule has 1 atom stereocenters. The Morgan fingerprint density at radius 1 is 1.00 bits per heavy atom. The molecule has 3 aromatic rings. The number of likely N-dealkylation sites (tertiary alicyclic amines) is 1. The number of aliphatic hydroxyl groups is 1. The van der Waals surface area contributed by atoms with Crippen LogP contribution in [0.5, 0.6) is 5.75 Å². The lowest BCUT2D eigenvalue weighted by molar-refractivity contribution is 0.0614. The van der Waals surface area contributed by atoms with Crippen LogP contribution in [0, 0.1) is 0 Å². The highest BCUT2D eigenvalue weighted by atomic mass is 16.5. The van der Waals surface area contributed by atoms with E-state index in [1.54, 1.807) is 23.2 Å². The number of nitrogens with one attached hydrogen (secondary N) is 1. The van der Waals surface area contributed by atoms with Gasteiger partial charge in [0.25, 0.3) is 0 Å². The third-order valence-electron chi connectivity index (χ3n) is 6.30. The molecule has 2 N–H and O–H groups in total. The van der Waals surface area contributed by atoms with Gasteiger partial charge < -0.3 is 20.1 Å². The van der Waals surface area contributed by atoms with Crippen molar-refractivity contribution in [3.8, 4) is 5.75 Å². The standard InChI is InChI=1S/C25H34N4O3/c1-27-22-11-10-19(14-23(22)28(2)25(27)31)15-26-16-20-8-4-5-9-24(20)32-18-21(30)17-29-12-6-3-7-13-29/h4-5,8-11,14,21,26,30H,3,6-7,12-13,15-18H2,1-2H3. The summed E-state index contributed by atoms with van der Waals surface area (Å²) in [6.07, 6.45) is 3.24. The van der Waals surface area contributed by atoms with Gasteiger partial charge in [-0.2, -0.15) is 0 Å². The Morgan fingerprint density at radius 2 is 1.75 bits per heavy atom. The summed E-state index contributed by atoms with van der Waals surface area (Å²) < 4.78 is 9.32. The second-order valence-corrected chi connectivity index (χ2v) is 8.76. The van der Waals surface area contributed by atoms with E-state index in [4.69, 9.17) is 4.74 Å². The number of hydrogen-bond acceptors (Lipinski definition) is 5. The SMILES string of the molecule is Cn1c(=O)n(C)c2cc(CNCc3ccccc3OCC(O)CN3CCCCC3)ccc21. The molecule has 0 saturated carbocycles. The van der Waals surface area contributed by atoms with E-state index in [1.165, 1.54) is 19.3 Å². The van der Waals surface area contributed by atoms with Crippen LogP contribution in [-0.4, -0.2) is 51.5 Å². The molecule has 0 aliphatic carbocycles. The number of imidazole rings is 1. The lowest BCUT2D eigenvalue weighted by atomic mass is 10.1. The molecule has 0 radical (unpaired) electrons. The van der Waals surface area contributed by atoms with Crippen LogP contribution in [0.25, 0.3) is 11.0 Å². The smallest absolute Gasteiger partial charge is 0.328 e. The Morgan fingerprint density at radius 3 is 2.56 bits per heavy atom. The predicted molar refractivity (Wildman–Crippen MR) is 127 cm³/mol. The number of aromatic nitrogens is 2. The van der Waals surface area contributed by atoms with Crippen molar-refractivity contribution in [3.05, 3.63) is 64.1 Å². The minimum Gasteiger partial charge on any atom is -0.491 e. The molecule has 0 spiro atoms. The highest BCUT2D eigenvalue weighted by Crippen LogP contribution is 2.19. The summed E-state index contributed by atoms with van der Waals surface area (Å²) in [4.78, 5) is 14.5. The van der Waals surface area contributed by atoms with Crippen molar-refractivity contribution >= 4 is 11.0 Å². The van der Waals surface area contributed by atoms with Gasteiger partial charge in [0, 0.05) is 39.3 Å². The largest absolute Gasteiger partial charge is 0.491 e. The number of aryl methyl sites for hydroxylation is 2. The molecule has 1 aliphatic heterocycles. The number of nitrogens with zero attached hydrogens (tertiary/aromatic N) is 3. The third kappa shape index (κ3) is 5.23. The van der Waals surface area contributed by atoms with Crippen LogP contribution in [-0.2, 0) is 27.2 Å². The van der Waals surface area contributed by atoms with Gasteiger partial charge in [0.1, 0.15) is 18.5 Å². The first-order valence-corrected chi connectivity index (χ1v) is 11.5. The van der Waals surface area contributed by atoms with E-state index < -0.39 is 6.10 Å². The summed E-state index contributed by atoms with van der Waals surface area (Å²) in [5.74, 6) is 0.804. The van der Waals surface area contributed by atoms with Gasteiger partial charge in [0.15, 0.2) is 0 Å². The Kier molecular flexibility index (Phi) is 7.29. The molecule has 1 aromatic heterocycles.